The number of rotatable bonds is 2. The highest BCUT2D eigenvalue weighted by Gasteiger charge is 2.30. The lowest BCUT2D eigenvalue weighted by atomic mass is 10.0. The highest BCUT2D eigenvalue weighted by atomic mass is 35.5. The van der Waals surface area contributed by atoms with E-state index < -0.39 is 6.10 Å². The van der Waals surface area contributed by atoms with Crippen LogP contribution in [0.15, 0.2) is 12.4 Å². The summed E-state index contributed by atoms with van der Waals surface area (Å²) in [5.74, 6) is 0.444. The Morgan fingerprint density at radius 3 is 2.94 bits per heavy atom. The molecule has 1 fully saturated rings. The predicted molar refractivity (Wildman–Crippen MR) is 59.2 cm³/mol. The Labute approximate surface area is 98.2 Å². The maximum atomic E-state index is 11.8. The van der Waals surface area contributed by atoms with Gasteiger partial charge < -0.3 is 10.1 Å². The molecule has 1 aromatic heterocycles. The molecule has 0 aliphatic carbocycles. The number of hydrogen-bond donors (Lipinski definition) is 1. The summed E-state index contributed by atoms with van der Waals surface area (Å²) in [5, 5.41) is 2.94. The van der Waals surface area contributed by atoms with E-state index in [0.29, 0.717) is 17.6 Å². The molecule has 5 nitrogen and oxygen atoms in total. The first-order valence-corrected chi connectivity index (χ1v) is 5.44. The van der Waals surface area contributed by atoms with Crippen LogP contribution < -0.4 is 5.32 Å². The van der Waals surface area contributed by atoms with Crippen molar-refractivity contribution in [3.63, 3.8) is 0 Å². The van der Waals surface area contributed by atoms with E-state index in [1.165, 1.54) is 12.4 Å². The minimum atomic E-state index is -0.391. The quantitative estimate of drug-likeness (QED) is 0.852. The van der Waals surface area contributed by atoms with Crippen molar-refractivity contribution in [2.75, 3.05) is 11.9 Å². The standard InChI is InChI=1S/C10H12ClN3O2/c1-6-2-3-16-9(6)10(15)14-8-5-12-7(11)4-13-8/h4-6,9H,2-3H2,1H3,(H,13,14,15). The third-order valence-electron chi connectivity index (χ3n) is 2.52. The summed E-state index contributed by atoms with van der Waals surface area (Å²) in [4.78, 5) is 19.5. The number of aromatic nitrogens is 2. The van der Waals surface area contributed by atoms with Gasteiger partial charge in [0.1, 0.15) is 11.3 Å². The first-order valence-electron chi connectivity index (χ1n) is 5.07. The smallest absolute Gasteiger partial charge is 0.254 e. The van der Waals surface area contributed by atoms with E-state index >= 15 is 0 Å². The number of carbonyl (C=O) groups is 1. The Hall–Kier alpha value is -1.20. The normalized spacial score (nSPS) is 24.4. The average Bonchev–Trinajstić information content (AvgIpc) is 2.68. The molecule has 0 aromatic carbocycles. The molecule has 0 saturated carbocycles. The molecule has 1 aliphatic heterocycles. The second-order valence-corrected chi connectivity index (χ2v) is 4.16. The van der Waals surface area contributed by atoms with Gasteiger partial charge in [0.2, 0.25) is 0 Å². The zero-order valence-corrected chi connectivity index (χ0v) is 9.57. The third-order valence-corrected chi connectivity index (χ3v) is 2.71. The molecular weight excluding hydrogens is 230 g/mol. The van der Waals surface area contributed by atoms with Crippen LogP contribution >= 0.6 is 11.6 Å². The van der Waals surface area contributed by atoms with E-state index in [9.17, 15) is 4.79 Å². The Morgan fingerprint density at radius 2 is 2.38 bits per heavy atom. The van der Waals surface area contributed by atoms with Crippen LogP contribution in [0.2, 0.25) is 5.15 Å². The Morgan fingerprint density at radius 1 is 1.56 bits per heavy atom. The van der Waals surface area contributed by atoms with Crippen molar-refractivity contribution in [1.82, 2.24) is 9.97 Å². The van der Waals surface area contributed by atoms with Crippen LogP contribution in [-0.4, -0.2) is 28.6 Å². The van der Waals surface area contributed by atoms with Gasteiger partial charge in [-0.3, -0.25) is 4.79 Å². The first-order chi connectivity index (χ1) is 7.66. The summed E-state index contributed by atoms with van der Waals surface area (Å²) in [7, 11) is 0. The number of carbonyl (C=O) groups excluding carboxylic acids is 1. The van der Waals surface area contributed by atoms with E-state index in [0.717, 1.165) is 6.42 Å². The van der Waals surface area contributed by atoms with E-state index in [-0.39, 0.29) is 11.8 Å². The lowest BCUT2D eigenvalue weighted by Crippen LogP contribution is -2.31. The zero-order chi connectivity index (χ0) is 11.5. The fourth-order valence-corrected chi connectivity index (χ4v) is 1.70. The lowest BCUT2D eigenvalue weighted by Gasteiger charge is -2.13. The first kappa shape index (κ1) is 11.3. The number of anilines is 1. The molecule has 1 amide bonds. The maximum Gasteiger partial charge on any atom is 0.254 e. The van der Waals surface area contributed by atoms with Crippen molar-refractivity contribution in [2.24, 2.45) is 5.92 Å². The van der Waals surface area contributed by atoms with Gasteiger partial charge in [-0.05, 0) is 12.3 Å². The minimum Gasteiger partial charge on any atom is -0.368 e. The predicted octanol–water partition coefficient (Wildman–Crippen LogP) is 1.49. The number of ether oxygens (including phenoxy) is 1. The lowest BCUT2D eigenvalue weighted by molar-refractivity contribution is -0.126. The van der Waals surface area contributed by atoms with Gasteiger partial charge in [-0.2, -0.15) is 0 Å². The van der Waals surface area contributed by atoms with Gasteiger partial charge in [0.25, 0.3) is 5.91 Å². The van der Waals surface area contributed by atoms with Gasteiger partial charge >= 0.3 is 0 Å². The molecule has 0 bridgehead atoms. The van der Waals surface area contributed by atoms with E-state index in [2.05, 4.69) is 15.3 Å². The third kappa shape index (κ3) is 2.48. The minimum absolute atomic E-state index is 0.179. The molecule has 1 N–H and O–H groups in total. The van der Waals surface area contributed by atoms with Crippen molar-refractivity contribution in [3.8, 4) is 0 Å². The topological polar surface area (TPSA) is 64.1 Å². The van der Waals surface area contributed by atoms with E-state index in [1.54, 1.807) is 0 Å². The maximum absolute atomic E-state index is 11.8. The van der Waals surface area contributed by atoms with Crippen LogP contribution in [0.3, 0.4) is 0 Å². The molecule has 6 heteroatoms. The van der Waals surface area contributed by atoms with Crippen LogP contribution in [0, 0.1) is 5.92 Å². The molecule has 1 saturated heterocycles. The summed E-state index contributed by atoms with van der Waals surface area (Å²) < 4.78 is 5.34. The molecular formula is C10H12ClN3O2. The number of nitrogens with one attached hydrogen (secondary N) is 1. The zero-order valence-electron chi connectivity index (χ0n) is 8.81. The summed E-state index contributed by atoms with van der Waals surface area (Å²) in [6.07, 6.45) is 3.32. The van der Waals surface area contributed by atoms with Crippen molar-refractivity contribution in [3.05, 3.63) is 17.5 Å². The van der Waals surface area contributed by atoms with Crippen molar-refractivity contribution in [1.29, 1.82) is 0 Å². The average molecular weight is 242 g/mol. The number of hydrogen-bond acceptors (Lipinski definition) is 4. The van der Waals surface area contributed by atoms with Gasteiger partial charge in [-0.25, -0.2) is 9.97 Å². The monoisotopic (exact) mass is 241 g/mol. The molecule has 16 heavy (non-hydrogen) atoms. The van der Waals surface area contributed by atoms with Crippen LogP contribution in [0.4, 0.5) is 5.82 Å². The largest absolute Gasteiger partial charge is 0.368 e. The number of amides is 1. The Kier molecular flexibility index (Phi) is 3.36. The van der Waals surface area contributed by atoms with Gasteiger partial charge in [0, 0.05) is 6.61 Å². The highest BCUT2D eigenvalue weighted by Crippen LogP contribution is 2.21. The van der Waals surface area contributed by atoms with Gasteiger partial charge in [-0.1, -0.05) is 18.5 Å². The summed E-state index contributed by atoms with van der Waals surface area (Å²) in [5.41, 5.74) is 0. The molecule has 2 rings (SSSR count). The molecule has 1 aliphatic rings. The van der Waals surface area contributed by atoms with Crippen molar-refractivity contribution >= 4 is 23.3 Å². The van der Waals surface area contributed by atoms with Crippen molar-refractivity contribution in [2.45, 2.75) is 19.4 Å². The summed E-state index contributed by atoms with van der Waals surface area (Å²) in [6.45, 7) is 2.62. The fourth-order valence-electron chi connectivity index (χ4n) is 1.60. The second-order valence-electron chi connectivity index (χ2n) is 3.77. The summed E-state index contributed by atoms with van der Waals surface area (Å²) >= 11 is 5.59. The van der Waals surface area contributed by atoms with Gasteiger partial charge in [0.15, 0.2) is 5.82 Å². The molecule has 1 aromatic rings. The van der Waals surface area contributed by atoms with Crippen molar-refractivity contribution < 1.29 is 9.53 Å². The number of nitrogens with zero attached hydrogens (tertiary/aromatic N) is 2. The van der Waals surface area contributed by atoms with Crippen LogP contribution in [0.1, 0.15) is 13.3 Å². The molecule has 2 heterocycles. The molecule has 2 unspecified atom stereocenters. The molecule has 0 radical (unpaired) electrons. The highest BCUT2D eigenvalue weighted by molar-refractivity contribution is 6.29. The van der Waals surface area contributed by atoms with Gasteiger partial charge in [0.05, 0.1) is 12.4 Å². The van der Waals surface area contributed by atoms with Gasteiger partial charge in [-0.15, -0.1) is 0 Å². The molecule has 86 valence electrons. The SMILES string of the molecule is CC1CCOC1C(=O)Nc1cnc(Cl)cn1. The van der Waals surface area contributed by atoms with E-state index in [1.807, 2.05) is 6.92 Å². The number of halogens is 1. The van der Waals surface area contributed by atoms with Crippen LogP contribution in [0.25, 0.3) is 0 Å². The van der Waals surface area contributed by atoms with Crippen LogP contribution in [0.5, 0.6) is 0 Å². The summed E-state index contributed by atoms with van der Waals surface area (Å²) in [6, 6.07) is 0. The van der Waals surface area contributed by atoms with Crippen LogP contribution in [-0.2, 0) is 9.53 Å². The molecule has 0 spiro atoms. The molecule has 2 atom stereocenters. The fraction of sp³-hybridized carbons (Fsp3) is 0.500. The Balaban J connectivity index is 1.99. The Bertz CT molecular complexity index is 382. The second kappa shape index (κ2) is 4.76. The van der Waals surface area contributed by atoms with E-state index in [4.69, 9.17) is 16.3 Å².